The summed E-state index contributed by atoms with van der Waals surface area (Å²) in [5.41, 5.74) is -0.766. The molecule has 138 valence electrons. The molecule has 24 heavy (non-hydrogen) atoms. The Balaban J connectivity index is 3.88. The van der Waals surface area contributed by atoms with Crippen LogP contribution in [0.25, 0.3) is 0 Å². The molecule has 0 aliphatic carbocycles. The van der Waals surface area contributed by atoms with E-state index in [0.717, 1.165) is 0 Å². The largest absolute Gasteiger partial charge is 0.348 e. The van der Waals surface area contributed by atoms with Crippen LogP contribution >= 0.6 is 0 Å². The van der Waals surface area contributed by atoms with Crippen LogP contribution in [0.3, 0.4) is 0 Å². The molecule has 0 unspecified atom stereocenters. The first-order valence-electron chi connectivity index (χ1n) is 8.48. The van der Waals surface area contributed by atoms with E-state index in [1.807, 2.05) is 41.5 Å². The van der Waals surface area contributed by atoms with Crippen LogP contribution in [0.5, 0.6) is 0 Å². The van der Waals surface area contributed by atoms with Crippen LogP contribution < -0.4 is 10.6 Å². The number of nitrogens with one attached hydrogen (secondary N) is 2. The van der Waals surface area contributed by atoms with Crippen molar-refractivity contribution >= 4 is 23.4 Å². The summed E-state index contributed by atoms with van der Waals surface area (Å²) in [4.78, 5) is 46.6. The Morgan fingerprint density at radius 2 is 0.917 bits per heavy atom. The van der Waals surface area contributed by atoms with Gasteiger partial charge in [0.2, 0.25) is 0 Å². The highest BCUT2D eigenvalue weighted by molar-refractivity contribution is 6.35. The van der Waals surface area contributed by atoms with Gasteiger partial charge in [-0.05, 0) is 12.8 Å². The SMILES string of the molecule is CC(C)(C)C(=O)CCCNC(=O)C(=O)NCCCC(=O)C(C)(C)C. The molecule has 0 radical (unpaired) electrons. The van der Waals surface area contributed by atoms with Gasteiger partial charge >= 0.3 is 11.8 Å². The first kappa shape index (κ1) is 22.3. The first-order chi connectivity index (χ1) is 10.9. The van der Waals surface area contributed by atoms with Crippen LogP contribution in [0, 0.1) is 10.8 Å². The second-order valence-corrected chi connectivity index (χ2v) is 8.07. The summed E-state index contributed by atoms with van der Waals surface area (Å²) in [6.45, 7) is 11.7. The van der Waals surface area contributed by atoms with E-state index in [9.17, 15) is 19.2 Å². The predicted octanol–water partition coefficient (Wildman–Crippen LogP) is 2.01. The number of rotatable bonds is 8. The van der Waals surface area contributed by atoms with E-state index in [4.69, 9.17) is 0 Å². The van der Waals surface area contributed by atoms with Gasteiger partial charge in [0.25, 0.3) is 0 Å². The summed E-state index contributed by atoms with van der Waals surface area (Å²) < 4.78 is 0. The van der Waals surface area contributed by atoms with Crippen molar-refractivity contribution in [2.75, 3.05) is 13.1 Å². The molecule has 0 bridgehead atoms. The fraction of sp³-hybridized carbons (Fsp3) is 0.778. The van der Waals surface area contributed by atoms with Crippen molar-refractivity contribution in [3.63, 3.8) is 0 Å². The molecule has 0 fully saturated rings. The van der Waals surface area contributed by atoms with E-state index in [0.29, 0.717) is 25.7 Å². The minimum atomic E-state index is -0.708. The summed E-state index contributed by atoms with van der Waals surface area (Å²) in [5.74, 6) is -1.16. The number of amides is 2. The topological polar surface area (TPSA) is 92.3 Å². The lowest BCUT2D eigenvalue weighted by molar-refractivity contribution is -0.139. The second-order valence-electron chi connectivity index (χ2n) is 8.07. The Labute approximate surface area is 145 Å². The third-order valence-electron chi connectivity index (χ3n) is 3.61. The molecule has 0 aromatic carbocycles. The number of hydrogen-bond donors (Lipinski definition) is 2. The van der Waals surface area contributed by atoms with Gasteiger partial charge in [-0.25, -0.2) is 0 Å². The van der Waals surface area contributed by atoms with Crippen LogP contribution in [0.4, 0.5) is 0 Å². The van der Waals surface area contributed by atoms with Gasteiger partial charge in [-0.15, -0.1) is 0 Å². The van der Waals surface area contributed by atoms with Crippen molar-refractivity contribution in [2.24, 2.45) is 10.8 Å². The van der Waals surface area contributed by atoms with Crippen molar-refractivity contribution in [1.82, 2.24) is 10.6 Å². The normalized spacial score (nSPS) is 11.8. The zero-order valence-electron chi connectivity index (χ0n) is 15.9. The standard InChI is InChI=1S/C18H32N2O4/c1-17(2,3)13(21)9-7-11-19-15(23)16(24)20-12-8-10-14(22)18(4,5)6/h7-12H2,1-6H3,(H,19,23)(H,20,24). The maximum atomic E-state index is 11.7. The highest BCUT2D eigenvalue weighted by atomic mass is 16.2. The van der Waals surface area contributed by atoms with E-state index in [2.05, 4.69) is 10.6 Å². The van der Waals surface area contributed by atoms with Crippen LogP contribution in [-0.2, 0) is 19.2 Å². The Bertz CT molecular complexity index is 426. The zero-order chi connectivity index (χ0) is 19.0. The van der Waals surface area contributed by atoms with Crippen LogP contribution in [0.1, 0.15) is 67.2 Å². The van der Waals surface area contributed by atoms with E-state index in [-0.39, 0.29) is 35.5 Å². The molecule has 0 aromatic heterocycles. The second kappa shape index (κ2) is 9.55. The average Bonchev–Trinajstić information content (AvgIpc) is 2.44. The van der Waals surface area contributed by atoms with Gasteiger partial charge in [-0.3, -0.25) is 19.2 Å². The third kappa shape index (κ3) is 9.43. The van der Waals surface area contributed by atoms with E-state index in [1.54, 1.807) is 0 Å². The van der Waals surface area contributed by atoms with Gasteiger partial charge in [0, 0.05) is 36.8 Å². The van der Waals surface area contributed by atoms with E-state index >= 15 is 0 Å². The molecule has 0 saturated heterocycles. The summed E-state index contributed by atoms with van der Waals surface area (Å²) in [5, 5.41) is 4.99. The quantitative estimate of drug-likeness (QED) is 0.522. The van der Waals surface area contributed by atoms with Gasteiger partial charge in [0.15, 0.2) is 0 Å². The summed E-state index contributed by atoms with van der Waals surface area (Å²) in [6.07, 6.45) is 1.77. The predicted molar refractivity (Wildman–Crippen MR) is 93.4 cm³/mol. The Kier molecular flexibility index (Phi) is 8.86. The van der Waals surface area contributed by atoms with E-state index in [1.165, 1.54) is 0 Å². The van der Waals surface area contributed by atoms with Crippen molar-refractivity contribution in [3.05, 3.63) is 0 Å². The molecule has 0 aromatic rings. The highest BCUT2D eigenvalue weighted by Crippen LogP contribution is 2.17. The number of hydrogen-bond acceptors (Lipinski definition) is 4. The maximum Gasteiger partial charge on any atom is 0.309 e. The van der Waals surface area contributed by atoms with Crippen LogP contribution in [0.2, 0.25) is 0 Å². The lowest BCUT2D eigenvalue weighted by atomic mass is 9.88. The van der Waals surface area contributed by atoms with Crippen molar-refractivity contribution in [1.29, 1.82) is 0 Å². The molecule has 0 rings (SSSR count). The smallest absolute Gasteiger partial charge is 0.309 e. The maximum absolute atomic E-state index is 11.7. The van der Waals surface area contributed by atoms with Crippen LogP contribution in [0.15, 0.2) is 0 Å². The Morgan fingerprint density at radius 1 is 0.625 bits per heavy atom. The molecular weight excluding hydrogens is 308 g/mol. The highest BCUT2D eigenvalue weighted by Gasteiger charge is 2.21. The van der Waals surface area contributed by atoms with Crippen LogP contribution in [-0.4, -0.2) is 36.5 Å². The Hall–Kier alpha value is -1.72. The molecule has 0 saturated carbocycles. The minimum absolute atomic E-state index is 0.129. The monoisotopic (exact) mass is 340 g/mol. The van der Waals surface area contributed by atoms with Gasteiger partial charge in [-0.1, -0.05) is 41.5 Å². The number of ketones is 2. The molecule has 0 atom stereocenters. The molecule has 0 heterocycles. The zero-order valence-corrected chi connectivity index (χ0v) is 15.9. The van der Waals surface area contributed by atoms with E-state index < -0.39 is 11.8 Å². The lowest BCUT2D eigenvalue weighted by Crippen LogP contribution is -2.41. The molecule has 2 N–H and O–H groups in total. The van der Waals surface area contributed by atoms with Crippen molar-refractivity contribution in [2.45, 2.75) is 67.2 Å². The molecule has 0 spiro atoms. The fourth-order valence-electron chi connectivity index (χ4n) is 1.81. The fourth-order valence-corrected chi connectivity index (χ4v) is 1.81. The molecule has 2 amide bonds. The molecule has 6 heteroatoms. The summed E-state index contributed by atoms with van der Waals surface area (Å²) in [6, 6.07) is 0. The molecule has 6 nitrogen and oxygen atoms in total. The van der Waals surface area contributed by atoms with Crippen molar-refractivity contribution < 1.29 is 19.2 Å². The molecule has 0 aliphatic heterocycles. The Morgan fingerprint density at radius 3 is 1.17 bits per heavy atom. The van der Waals surface area contributed by atoms with Crippen molar-refractivity contribution in [3.8, 4) is 0 Å². The van der Waals surface area contributed by atoms with Gasteiger partial charge < -0.3 is 10.6 Å². The average molecular weight is 340 g/mol. The van der Waals surface area contributed by atoms with Gasteiger partial charge in [-0.2, -0.15) is 0 Å². The minimum Gasteiger partial charge on any atom is -0.348 e. The summed E-state index contributed by atoms with van der Waals surface area (Å²) in [7, 11) is 0. The number of carbonyl (C=O) groups is 4. The number of Topliss-reactive ketones (excluding diaryl/α,β-unsaturated/α-hetero) is 2. The van der Waals surface area contributed by atoms with Gasteiger partial charge in [0.1, 0.15) is 11.6 Å². The number of carbonyl (C=O) groups excluding carboxylic acids is 4. The molecular formula is C18H32N2O4. The third-order valence-corrected chi connectivity index (χ3v) is 3.61. The summed E-state index contributed by atoms with van der Waals surface area (Å²) >= 11 is 0. The first-order valence-corrected chi connectivity index (χ1v) is 8.48. The lowest BCUT2D eigenvalue weighted by Gasteiger charge is -2.16. The van der Waals surface area contributed by atoms with Gasteiger partial charge in [0.05, 0.1) is 0 Å². The molecule has 0 aliphatic rings.